The number of nitrogens with one attached hydrogen (secondary N) is 2. The van der Waals surface area contributed by atoms with Gasteiger partial charge in [0.1, 0.15) is 0 Å². The lowest BCUT2D eigenvalue weighted by Crippen LogP contribution is -3.12. The van der Waals surface area contributed by atoms with Crippen LogP contribution >= 0.6 is 11.6 Å². The van der Waals surface area contributed by atoms with Gasteiger partial charge >= 0.3 is 0 Å². The van der Waals surface area contributed by atoms with Gasteiger partial charge in [-0.15, -0.1) is 0 Å². The molecule has 2 fully saturated rings. The summed E-state index contributed by atoms with van der Waals surface area (Å²) >= 11 is 6.20. The van der Waals surface area contributed by atoms with Crippen molar-refractivity contribution in [3.8, 4) is 0 Å². The highest BCUT2D eigenvalue weighted by molar-refractivity contribution is 7.89. The van der Waals surface area contributed by atoms with Crippen molar-refractivity contribution < 1.29 is 22.8 Å². The summed E-state index contributed by atoms with van der Waals surface area (Å²) in [5.74, 6) is -0.144. The van der Waals surface area contributed by atoms with Crippen LogP contribution in [0.1, 0.15) is 25.7 Å². The van der Waals surface area contributed by atoms with E-state index in [1.54, 1.807) is 0 Å². The van der Waals surface area contributed by atoms with Gasteiger partial charge in [0, 0.05) is 13.1 Å². The molecule has 0 atom stereocenters. The number of rotatable bonds is 5. The number of morpholine rings is 1. The van der Waals surface area contributed by atoms with Crippen LogP contribution in [0.5, 0.6) is 0 Å². The number of quaternary nitrogens is 1. The smallest absolute Gasteiger partial charge is 0.279 e. The summed E-state index contributed by atoms with van der Waals surface area (Å²) in [5.41, 5.74) is 0.338. The maximum absolute atomic E-state index is 12.8. The number of benzene rings is 1. The van der Waals surface area contributed by atoms with E-state index in [2.05, 4.69) is 5.32 Å². The van der Waals surface area contributed by atoms with Crippen LogP contribution in [0.15, 0.2) is 23.1 Å². The molecule has 0 saturated carbocycles. The summed E-state index contributed by atoms with van der Waals surface area (Å²) < 4.78 is 32.2. The molecule has 27 heavy (non-hydrogen) atoms. The second kappa shape index (κ2) is 9.34. The van der Waals surface area contributed by atoms with Crippen molar-refractivity contribution in [2.45, 2.75) is 30.6 Å². The minimum absolute atomic E-state index is 0.131. The monoisotopic (exact) mass is 416 g/mol. The predicted molar refractivity (Wildman–Crippen MR) is 104 cm³/mol. The third-order valence-corrected chi connectivity index (χ3v) is 7.27. The van der Waals surface area contributed by atoms with Crippen LogP contribution in [0.4, 0.5) is 5.69 Å². The van der Waals surface area contributed by atoms with Crippen molar-refractivity contribution in [1.82, 2.24) is 4.31 Å². The first kappa shape index (κ1) is 20.5. The molecule has 1 aromatic rings. The molecule has 7 nitrogen and oxygen atoms in total. The fraction of sp³-hybridized carbons (Fsp3) is 0.611. The number of amides is 1. The third-order valence-electron chi connectivity index (χ3n) is 5.04. The Kier molecular flexibility index (Phi) is 7.10. The molecule has 1 amide bonds. The molecule has 0 aliphatic carbocycles. The Morgan fingerprint density at radius 3 is 2.48 bits per heavy atom. The Morgan fingerprint density at radius 1 is 1.15 bits per heavy atom. The second-order valence-electron chi connectivity index (χ2n) is 7.05. The van der Waals surface area contributed by atoms with Gasteiger partial charge < -0.3 is 15.0 Å². The highest BCUT2D eigenvalue weighted by Gasteiger charge is 2.27. The molecule has 0 bridgehead atoms. The molecule has 0 radical (unpaired) electrons. The topological polar surface area (TPSA) is 80.2 Å². The molecule has 0 aromatic heterocycles. The zero-order chi connectivity index (χ0) is 19.3. The molecule has 1 aromatic carbocycles. The predicted octanol–water partition coefficient (Wildman–Crippen LogP) is 0.758. The first-order valence-corrected chi connectivity index (χ1v) is 11.3. The number of carbonyl (C=O) groups excluding carboxylic acids is 1. The highest BCUT2D eigenvalue weighted by atomic mass is 35.5. The fourth-order valence-electron chi connectivity index (χ4n) is 3.52. The Hall–Kier alpha value is -1.19. The third kappa shape index (κ3) is 5.42. The average Bonchev–Trinajstić information content (AvgIpc) is 2.92. The van der Waals surface area contributed by atoms with Gasteiger partial charge in [0.15, 0.2) is 6.54 Å². The molecule has 2 heterocycles. The van der Waals surface area contributed by atoms with Crippen molar-refractivity contribution in [1.29, 1.82) is 0 Å². The zero-order valence-corrected chi connectivity index (χ0v) is 16.9. The van der Waals surface area contributed by atoms with Crippen LogP contribution in [-0.2, 0) is 19.6 Å². The summed E-state index contributed by atoms with van der Waals surface area (Å²) in [7, 11) is -3.63. The average molecular weight is 417 g/mol. The van der Waals surface area contributed by atoms with E-state index in [1.165, 1.54) is 40.2 Å². The number of ether oxygens (including phenoxy) is 1. The molecule has 0 unspecified atom stereocenters. The fourth-order valence-corrected chi connectivity index (χ4v) is 5.12. The van der Waals surface area contributed by atoms with Gasteiger partial charge in [-0.1, -0.05) is 11.6 Å². The maximum Gasteiger partial charge on any atom is 0.279 e. The first-order chi connectivity index (χ1) is 13.0. The van der Waals surface area contributed by atoms with Gasteiger partial charge in [-0.3, -0.25) is 4.79 Å². The number of hydrogen-bond acceptors (Lipinski definition) is 4. The van der Waals surface area contributed by atoms with E-state index >= 15 is 0 Å². The summed E-state index contributed by atoms with van der Waals surface area (Å²) in [6.07, 6.45) is 4.71. The van der Waals surface area contributed by atoms with Gasteiger partial charge in [-0.25, -0.2) is 8.42 Å². The highest BCUT2D eigenvalue weighted by Crippen LogP contribution is 2.27. The summed E-state index contributed by atoms with van der Waals surface area (Å²) in [5, 5.41) is 3.12. The molecule has 3 rings (SSSR count). The number of carbonyl (C=O) groups is 1. The molecule has 2 aliphatic heterocycles. The zero-order valence-electron chi connectivity index (χ0n) is 15.4. The largest absolute Gasteiger partial charge is 0.379 e. The number of halogens is 1. The van der Waals surface area contributed by atoms with Crippen LogP contribution in [0.2, 0.25) is 5.02 Å². The van der Waals surface area contributed by atoms with Crippen LogP contribution in [0.3, 0.4) is 0 Å². The van der Waals surface area contributed by atoms with Gasteiger partial charge in [0.05, 0.1) is 41.9 Å². The normalized spacial score (nSPS) is 20.2. The van der Waals surface area contributed by atoms with Crippen LogP contribution < -0.4 is 10.2 Å². The lowest BCUT2D eigenvalue weighted by Gasteiger charge is -2.26. The SMILES string of the molecule is O=C(C[NH+]1CCCCCC1)Nc1cc(S(=O)(=O)N2CCOCC2)ccc1Cl. The molecule has 9 heteroatoms. The molecule has 2 N–H and O–H groups in total. The van der Waals surface area contributed by atoms with Crippen molar-refractivity contribution in [3.63, 3.8) is 0 Å². The van der Waals surface area contributed by atoms with Crippen LogP contribution in [-0.4, -0.2) is 64.6 Å². The van der Waals surface area contributed by atoms with E-state index < -0.39 is 10.0 Å². The summed E-state index contributed by atoms with van der Waals surface area (Å²) in [6, 6.07) is 4.44. The summed E-state index contributed by atoms with van der Waals surface area (Å²) in [6.45, 7) is 3.77. The van der Waals surface area contributed by atoms with E-state index in [4.69, 9.17) is 16.3 Å². The lowest BCUT2D eigenvalue weighted by molar-refractivity contribution is -0.890. The minimum atomic E-state index is -3.63. The van der Waals surface area contributed by atoms with Crippen LogP contribution in [0.25, 0.3) is 0 Å². The van der Waals surface area contributed by atoms with Crippen molar-refractivity contribution in [3.05, 3.63) is 23.2 Å². The number of nitrogens with zero attached hydrogens (tertiary/aromatic N) is 1. The van der Waals surface area contributed by atoms with E-state index in [0.29, 0.717) is 43.6 Å². The maximum atomic E-state index is 12.8. The van der Waals surface area contributed by atoms with Gasteiger partial charge in [-0.05, 0) is 43.9 Å². The molecular weight excluding hydrogens is 390 g/mol. The molecule has 150 valence electrons. The van der Waals surface area contributed by atoms with E-state index in [1.807, 2.05) is 0 Å². The number of hydrogen-bond donors (Lipinski definition) is 2. The molecule has 0 spiro atoms. The number of anilines is 1. The van der Waals surface area contributed by atoms with E-state index in [0.717, 1.165) is 25.9 Å². The molecule has 2 saturated heterocycles. The summed E-state index contributed by atoms with van der Waals surface area (Å²) in [4.78, 5) is 13.8. The number of likely N-dealkylation sites (tertiary alicyclic amines) is 1. The van der Waals surface area contributed by atoms with E-state index in [9.17, 15) is 13.2 Å². The number of sulfonamides is 1. The second-order valence-corrected chi connectivity index (χ2v) is 9.39. The molecular formula is C18H27ClN3O4S+. The molecule has 2 aliphatic rings. The van der Waals surface area contributed by atoms with Crippen molar-refractivity contribution in [2.24, 2.45) is 0 Å². The van der Waals surface area contributed by atoms with Gasteiger partial charge in [-0.2, -0.15) is 4.31 Å². The Labute approximate surface area is 165 Å². The van der Waals surface area contributed by atoms with Gasteiger partial charge in [0.2, 0.25) is 10.0 Å². The quantitative estimate of drug-likeness (QED) is 0.742. The first-order valence-electron chi connectivity index (χ1n) is 9.48. The van der Waals surface area contributed by atoms with Crippen molar-refractivity contribution in [2.75, 3.05) is 51.3 Å². The Bertz CT molecular complexity index is 758. The van der Waals surface area contributed by atoms with Crippen LogP contribution in [0, 0.1) is 0 Å². The minimum Gasteiger partial charge on any atom is -0.379 e. The standard InChI is InChI=1S/C18H26ClN3O4S/c19-16-6-5-15(27(24,25)22-9-11-26-12-10-22)13-17(16)20-18(23)14-21-7-3-1-2-4-8-21/h5-6,13H,1-4,7-12,14H2,(H,20,23)/p+1. The Balaban J connectivity index is 1.70. The van der Waals surface area contributed by atoms with Gasteiger partial charge in [0.25, 0.3) is 5.91 Å². The Morgan fingerprint density at radius 2 is 1.81 bits per heavy atom. The lowest BCUT2D eigenvalue weighted by atomic mass is 10.2. The van der Waals surface area contributed by atoms with E-state index in [-0.39, 0.29) is 10.8 Å². The van der Waals surface area contributed by atoms with Crippen molar-refractivity contribution >= 4 is 33.2 Å².